The van der Waals surface area contributed by atoms with Crippen molar-refractivity contribution >= 4 is 23.2 Å². The molecule has 1 amide bonds. The highest BCUT2D eigenvalue weighted by molar-refractivity contribution is 6.31. The fraction of sp³-hybridized carbons (Fsp3) is 0.188. The number of hydrogen-bond acceptors (Lipinski definition) is 3. The fourth-order valence-corrected chi connectivity index (χ4v) is 2.68. The molecule has 0 saturated carbocycles. The van der Waals surface area contributed by atoms with Crippen molar-refractivity contribution < 1.29 is 9.53 Å². The number of carbonyl (C=O) groups is 1. The summed E-state index contributed by atoms with van der Waals surface area (Å²) in [6, 6.07) is 12.7. The van der Waals surface area contributed by atoms with E-state index in [4.69, 9.17) is 16.3 Å². The summed E-state index contributed by atoms with van der Waals surface area (Å²) in [4.78, 5) is 12.1. The number of benzene rings is 2. The third kappa shape index (κ3) is 2.73. The Morgan fingerprint density at radius 3 is 2.90 bits per heavy atom. The molecule has 0 radical (unpaired) electrons. The van der Waals surface area contributed by atoms with Crippen LogP contribution >= 0.6 is 11.6 Å². The molecule has 1 heterocycles. The Kier molecular flexibility index (Phi) is 3.82. The second kappa shape index (κ2) is 5.76. The van der Waals surface area contributed by atoms with Gasteiger partial charge in [0.05, 0.1) is 7.11 Å². The first-order valence-electron chi connectivity index (χ1n) is 6.64. The molecule has 108 valence electrons. The Bertz CT molecular complexity index is 688. The summed E-state index contributed by atoms with van der Waals surface area (Å²) in [5.74, 6) is 0.733. The Morgan fingerprint density at radius 1 is 1.29 bits per heavy atom. The van der Waals surface area contributed by atoms with Crippen molar-refractivity contribution in [2.45, 2.75) is 12.6 Å². The summed E-state index contributed by atoms with van der Waals surface area (Å²) < 4.78 is 5.31. The maximum atomic E-state index is 12.1. The molecule has 0 spiro atoms. The lowest BCUT2D eigenvalue weighted by Crippen LogP contribution is -2.27. The molecular weight excluding hydrogens is 288 g/mol. The van der Waals surface area contributed by atoms with Crippen molar-refractivity contribution in [2.75, 3.05) is 12.4 Å². The number of ether oxygens (including phenoxy) is 1. The van der Waals surface area contributed by atoms with Crippen LogP contribution in [0.25, 0.3) is 0 Å². The van der Waals surface area contributed by atoms with Gasteiger partial charge < -0.3 is 10.1 Å². The second-order valence-electron chi connectivity index (χ2n) is 4.85. The summed E-state index contributed by atoms with van der Waals surface area (Å²) >= 11 is 6.01. The summed E-state index contributed by atoms with van der Waals surface area (Å²) in [5.41, 5.74) is 2.69. The van der Waals surface area contributed by atoms with Gasteiger partial charge in [0.1, 0.15) is 11.8 Å². The average molecular weight is 303 g/mol. The number of fused-ring (bicyclic) bond motifs is 1. The predicted molar refractivity (Wildman–Crippen MR) is 82.7 cm³/mol. The number of hydrogen-bond donors (Lipinski definition) is 2. The van der Waals surface area contributed by atoms with E-state index in [1.807, 2.05) is 36.4 Å². The van der Waals surface area contributed by atoms with Gasteiger partial charge in [0.2, 0.25) is 5.91 Å². The van der Waals surface area contributed by atoms with Gasteiger partial charge in [-0.2, -0.15) is 0 Å². The molecule has 2 aromatic carbocycles. The van der Waals surface area contributed by atoms with E-state index in [0.29, 0.717) is 11.6 Å². The number of nitrogens with one attached hydrogen (secondary N) is 2. The van der Waals surface area contributed by atoms with Gasteiger partial charge >= 0.3 is 0 Å². The topological polar surface area (TPSA) is 50.4 Å². The molecule has 2 N–H and O–H groups in total. The number of anilines is 1. The molecule has 1 atom stereocenters. The minimum atomic E-state index is -0.399. The molecule has 5 heteroatoms. The second-order valence-corrected chi connectivity index (χ2v) is 5.28. The number of carbonyl (C=O) groups excluding carboxylic acids is 1. The summed E-state index contributed by atoms with van der Waals surface area (Å²) in [6.07, 6.45) is 0. The molecule has 4 nitrogen and oxygen atoms in total. The van der Waals surface area contributed by atoms with Gasteiger partial charge in [0.15, 0.2) is 0 Å². The van der Waals surface area contributed by atoms with E-state index < -0.39 is 6.04 Å². The van der Waals surface area contributed by atoms with Gasteiger partial charge in [0.25, 0.3) is 0 Å². The molecule has 0 aliphatic carbocycles. The Hall–Kier alpha value is -2.04. The molecule has 21 heavy (non-hydrogen) atoms. The van der Waals surface area contributed by atoms with Crippen LogP contribution in [0.2, 0.25) is 5.02 Å². The largest absolute Gasteiger partial charge is 0.496 e. The molecule has 0 fully saturated rings. The van der Waals surface area contributed by atoms with Crippen LogP contribution in [-0.2, 0) is 11.3 Å². The zero-order valence-corrected chi connectivity index (χ0v) is 12.3. The third-order valence-corrected chi connectivity index (χ3v) is 3.77. The van der Waals surface area contributed by atoms with E-state index in [9.17, 15) is 4.79 Å². The Morgan fingerprint density at radius 2 is 2.10 bits per heavy atom. The van der Waals surface area contributed by atoms with Gasteiger partial charge in [-0.3, -0.25) is 10.1 Å². The van der Waals surface area contributed by atoms with Crippen molar-refractivity contribution in [1.29, 1.82) is 0 Å². The van der Waals surface area contributed by atoms with Crippen molar-refractivity contribution in [1.82, 2.24) is 5.32 Å². The number of amides is 1. The first-order valence-corrected chi connectivity index (χ1v) is 7.02. The standard InChI is InChI=1S/C16H15ClN2O2/c1-21-14-5-3-2-4-10(14)9-18-15-12-8-11(17)6-7-13(12)19-16(15)20/h2-8,15,18H,9H2,1H3,(H,19,20). The summed E-state index contributed by atoms with van der Waals surface area (Å²) in [6.45, 7) is 0.536. The normalized spacial score (nSPS) is 16.5. The summed E-state index contributed by atoms with van der Waals surface area (Å²) in [7, 11) is 1.64. The van der Waals surface area contributed by atoms with Gasteiger partial charge in [-0.15, -0.1) is 0 Å². The van der Waals surface area contributed by atoms with Crippen molar-refractivity contribution in [3.63, 3.8) is 0 Å². The highest BCUT2D eigenvalue weighted by atomic mass is 35.5. The molecular formula is C16H15ClN2O2. The van der Waals surface area contributed by atoms with Crippen LogP contribution in [0, 0.1) is 0 Å². The molecule has 2 aromatic rings. The number of para-hydroxylation sites is 1. The van der Waals surface area contributed by atoms with E-state index >= 15 is 0 Å². The predicted octanol–water partition coefficient (Wildman–Crippen LogP) is 3.13. The minimum absolute atomic E-state index is 0.0674. The fourth-order valence-electron chi connectivity index (χ4n) is 2.50. The van der Waals surface area contributed by atoms with Crippen LogP contribution in [0.1, 0.15) is 17.2 Å². The van der Waals surface area contributed by atoms with E-state index in [0.717, 1.165) is 22.6 Å². The van der Waals surface area contributed by atoms with Crippen LogP contribution in [0.4, 0.5) is 5.69 Å². The van der Waals surface area contributed by atoms with E-state index in [-0.39, 0.29) is 5.91 Å². The summed E-state index contributed by atoms with van der Waals surface area (Å²) in [5, 5.41) is 6.72. The number of rotatable bonds is 4. The van der Waals surface area contributed by atoms with Crippen LogP contribution in [0.3, 0.4) is 0 Å². The van der Waals surface area contributed by atoms with Crippen LogP contribution in [0.15, 0.2) is 42.5 Å². The maximum Gasteiger partial charge on any atom is 0.246 e. The molecule has 1 unspecified atom stereocenters. The minimum Gasteiger partial charge on any atom is -0.496 e. The SMILES string of the molecule is COc1ccccc1CNC1C(=O)Nc2ccc(Cl)cc21. The highest BCUT2D eigenvalue weighted by Crippen LogP contribution is 2.33. The van der Waals surface area contributed by atoms with E-state index in [2.05, 4.69) is 10.6 Å². The van der Waals surface area contributed by atoms with E-state index in [1.165, 1.54) is 0 Å². The molecule has 0 saturated heterocycles. The van der Waals surface area contributed by atoms with Crippen LogP contribution in [0.5, 0.6) is 5.75 Å². The van der Waals surface area contributed by atoms with Crippen molar-refractivity contribution in [2.24, 2.45) is 0 Å². The number of methoxy groups -OCH3 is 1. The molecule has 3 rings (SSSR count). The lowest BCUT2D eigenvalue weighted by molar-refractivity contribution is -0.117. The molecule has 1 aliphatic heterocycles. The lowest BCUT2D eigenvalue weighted by Gasteiger charge is -2.13. The van der Waals surface area contributed by atoms with Gasteiger partial charge in [-0.1, -0.05) is 29.8 Å². The Balaban J connectivity index is 1.80. The maximum absolute atomic E-state index is 12.1. The average Bonchev–Trinajstić information content (AvgIpc) is 2.80. The monoisotopic (exact) mass is 302 g/mol. The first kappa shape index (κ1) is 13.9. The molecule has 0 aromatic heterocycles. The first-order chi connectivity index (χ1) is 10.2. The third-order valence-electron chi connectivity index (χ3n) is 3.53. The van der Waals surface area contributed by atoms with E-state index in [1.54, 1.807) is 13.2 Å². The number of halogens is 1. The van der Waals surface area contributed by atoms with Gasteiger partial charge in [-0.25, -0.2) is 0 Å². The van der Waals surface area contributed by atoms with Crippen molar-refractivity contribution in [3.05, 3.63) is 58.6 Å². The highest BCUT2D eigenvalue weighted by Gasteiger charge is 2.30. The van der Waals surface area contributed by atoms with Crippen LogP contribution in [-0.4, -0.2) is 13.0 Å². The van der Waals surface area contributed by atoms with Crippen LogP contribution < -0.4 is 15.4 Å². The van der Waals surface area contributed by atoms with Crippen molar-refractivity contribution in [3.8, 4) is 5.75 Å². The zero-order chi connectivity index (χ0) is 14.8. The molecule has 0 bridgehead atoms. The molecule has 1 aliphatic rings. The Labute approximate surface area is 128 Å². The van der Waals surface area contributed by atoms with Gasteiger partial charge in [-0.05, 0) is 24.3 Å². The quantitative estimate of drug-likeness (QED) is 0.912. The van der Waals surface area contributed by atoms with Gasteiger partial charge in [0, 0.05) is 28.4 Å². The smallest absolute Gasteiger partial charge is 0.246 e. The zero-order valence-electron chi connectivity index (χ0n) is 11.5. The lowest BCUT2D eigenvalue weighted by atomic mass is 10.1.